The molecule has 6 heteroatoms. The van der Waals surface area contributed by atoms with E-state index in [2.05, 4.69) is 5.32 Å². The number of nitrogens with one attached hydrogen (secondary N) is 1. The van der Waals surface area contributed by atoms with Gasteiger partial charge in [-0.3, -0.25) is 0 Å². The number of aliphatic hydroxyl groups excluding tert-OH is 3. The molecule has 0 saturated carbocycles. The Labute approximate surface area is 97.1 Å². The molecule has 0 heterocycles. The van der Waals surface area contributed by atoms with Gasteiger partial charge in [0.25, 0.3) is 0 Å². The van der Waals surface area contributed by atoms with E-state index in [9.17, 15) is 15.3 Å². The maximum Gasteiger partial charge on any atom is 0.106 e. The molecule has 16 heavy (non-hydrogen) atoms. The van der Waals surface area contributed by atoms with Crippen LogP contribution in [0.4, 0.5) is 0 Å². The fourth-order valence-corrected chi connectivity index (χ4v) is 1.74. The summed E-state index contributed by atoms with van der Waals surface area (Å²) < 4.78 is 0. The summed E-state index contributed by atoms with van der Waals surface area (Å²) in [4.78, 5) is 1.45. The third-order valence-electron chi connectivity index (χ3n) is 2.48. The van der Waals surface area contributed by atoms with E-state index in [0.717, 1.165) is 0 Å². The van der Waals surface area contributed by atoms with E-state index in [-0.39, 0.29) is 6.04 Å². The smallest absolute Gasteiger partial charge is 0.106 e. The summed E-state index contributed by atoms with van der Waals surface area (Å²) >= 11 is 0. The van der Waals surface area contributed by atoms with Crippen molar-refractivity contribution in [2.75, 3.05) is 19.6 Å². The number of aliphatic hydroxyl groups is 3. The van der Waals surface area contributed by atoms with Gasteiger partial charge < -0.3 is 26.4 Å². The van der Waals surface area contributed by atoms with Crippen LogP contribution in [-0.2, 0) is 0 Å². The van der Waals surface area contributed by atoms with Crippen LogP contribution in [0.15, 0.2) is 0 Å². The first kappa shape index (κ1) is 15.8. The minimum atomic E-state index is -0.820. The maximum atomic E-state index is 9.64. The summed E-state index contributed by atoms with van der Waals surface area (Å²) in [6.45, 7) is 6.36. The van der Waals surface area contributed by atoms with E-state index < -0.39 is 18.6 Å². The number of hydrogen-bond donors (Lipinski definition) is 5. The molecule has 98 valence electrons. The fourth-order valence-electron chi connectivity index (χ4n) is 1.74. The van der Waals surface area contributed by atoms with Gasteiger partial charge in [0.15, 0.2) is 0 Å². The van der Waals surface area contributed by atoms with Crippen molar-refractivity contribution in [1.82, 2.24) is 10.2 Å². The minimum absolute atomic E-state index is 0.355. The highest BCUT2D eigenvalue weighted by atomic mass is 16.3. The maximum absolute atomic E-state index is 9.64. The summed E-state index contributed by atoms with van der Waals surface area (Å²) in [6, 6.07) is -0.355. The molecule has 0 radical (unpaired) electrons. The zero-order chi connectivity index (χ0) is 12.7. The second kappa shape index (κ2) is 7.94. The molecule has 0 aliphatic rings. The summed E-state index contributed by atoms with van der Waals surface area (Å²) in [5.74, 6) is 0. The van der Waals surface area contributed by atoms with Crippen LogP contribution in [0.3, 0.4) is 0 Å². The summed E-state index contributed by atoms with van der Waals surface area (Å²) in [5.41, 5.74) is 5.35. The van der Waals surface area contributed by atoms with Gasteiger partial charge >= 0.3 is 0 Å². The zero-order valence-electron chi connectivity index (χ0n) is 10.3. The predicted molar refractivity (Wildman–Crippen MR) is 62.6 cm³/mol. The molecule has 0 fully saturated rings. The molecular formula is C10H25N3O3. The van der Waals surface area contributed by atoms with Crippen molar-refractivity contribution >= 4 is 0 Å². The van der Waals surface area contributed by atoms with Crippen molar-refractivity contribution in [3.63, 3.8) is 0 Å². The molecule has 0 saturated heterocycles. The Morgan fingerprint density at radius 3 is 1.94 bits per heavy atom. The molecule has 0 aliphatic heterocycles. The van der Waals surface area contributed by atoms with E-state index in [1.165, 1.54) is 4.90 Å². The van der Waals surface area contributed by atoms with Crippen molar-refractivity contribution in [2.24, 2.45) is 5.73 Å². The molecule has 0 bridgehead atoms. The molecular weight excluding hydrogens is 210 g/mol. The lowest BCUT2D eigenvalue weighted by Crippen LogP contribution is -2.55. The van der Waals surface area contributed by atoms with Crippen molar-refractivity contribution < 1.29 is 15.3 Å². The molecule has 0 rings (SSSR count). The van der Waals surface area contributed by atoms with Gasteiger partial charge in [0.1, 0.15) is 12.5 Å². The van der Waals surface area contributed by atoms with E-state index >= 15 is 0 Å². The molecule has 4 atom stereocenters. The van der Waals surface area contributed by atoms with Crippen LogP contribution in [0.25, 0.3) is 0 Å². The van der Waals surface area contributed by atoms with Gasteiger partial charge in [-0.2, -0.15) is 0 Å². The van der Waals surface area contributed by atoms with Gasteiger partial charge in [0.2, 0.25) is 0 Å². The normalized spacial score (nSPS) is 19.5. The minimum Gasteiger partial charge on any atom is -0.392 e. The van der Waals surface area contributed by atoms with E-state index in [1.54, 1.807) is 20.8 Å². The first-order chi connectivity index (χ1) is 7.41. The molecule has 0 aromatic rings. The molecule has 0 aliphatic carbocycles. The van der Waals surface area contributed by atoms with Gasteiger partial charge in [-0.15, -0.1) is 0 Å². The Balaban J connectivity index is 4.46. The van der Waals surface area contributed by atoms with Crippen molar-refractivity contribution in [1.29, 1.82) is 0 Å². The number of rotatable bonds is 8. The van der Waals surface area contributed by atoms with Gasteiger partial charge in [-0.05, 0) is 20.8 Å². The van der Waals surface area contributed by atoms with Crippen LogP contribution in [-0.4, -0.2) is 64.5 Å². The highest BCUT2D eigenvalue weighted by Gasteiger charge is 2.29. The summed E-state index contributed by atoms with van der Waals surface area (Å²) in [5, 5.41) is 31.8. The predicted octanol–water partition coefficient (Wildman–Crippen LogP) is -1.74. The Hall–Kier alpha value is -0.240. The third-order valence-corrected chi connectivity index (χ3v) is 2.48. The van der Waals surface area contributed by atoms with Crippen molar-refractivity contribution in [2.45, 2.75) is 45.4 Å². The average molecular weight is 235 g/mol. The highest BCUT2D eigenvalue weighted by Crippen LogP contribution is 2.11. The topological polar surface area (TPSA) is 102 Å². The summed E-state index contributed by atoms with van der Waals surface area (Å²) in [7, 11) is 0. The van der Waals surface area contributed by atoms with Crippen LogP contribution in [0.1, 0.15) is 20.8 Å². The van der Waals surface area contributed by atoms with Crippen LogP contribution in [0, 0.1) is 0 Å². The van der Waals surface area contributed by atoms with Crippen LogP contribution in [0.2, 0.25) is 0 Å². The second-order valence-corrected chi connectivity index (χ2v) is 4.01. The molecule has 4 unspecified atom stereocenters. The van der Waals surface area contributed by atoms with E-state index in [4.69, 9.17) is 5.73 Å². The van der Waals surface area contributed by atoms with Crippen LogP contribution >= 0.6 is 0 Å². The number of nitrogens with zero attached hydrogens (tertiary/aromatic N) is 1. The highest BCUT2D eigenvalue weighted by molar-refractivity contribution is 4.80. The monoisotopic (exact) mass is 235 g/mol. The second-order valence-electron chi connectivity index (χ2n) is 4.01. The molecule has 0 aromatic heterocycles. The largest absolute Gasteiger partial charge is 0.392 e. The van der Waals surface area contributed by atoms with Crippen molar-refractivity contribution in [3.05, 3.63) is 0 Å². The molecule has 6 nitrogen and oxygen atoms in total. The Morgan fingerprint density at radius 1 is 1.12 bits per heavy atom. The average Bonchev–Trinajstić information content (AvgIpc) is 2.14. The molecule has 6 N–H and O–H groups in total. The van der Waals surface area contributed by atoms with Crippen LogP contribution in [0.5, 0.6) is 0 Å². The fraction of sp³-hybridized carbons (Fsp3) is 1.00. The number of hydrogen-bond acceptors (Lipinski definition) is 6. The van der Waals surface area contributed by atoms with Crippen molar-refractivity contribution in [3.8, 4) is 0 Å². The Kier molecular flexibility index (Phi) is 7.82. The molecule has 0 spiro atoms. The molecule has 0 amide bonds. The van der Waals surface area contributed by atoms with Crippen LogP contribution < -0.4 is 11.1 Å². The first-order valence-electron chi connectivity index (χ1n) is 5.64. The summed E-state index contributed by atoms with van der Waals surface area (Å²) in [6.07, 6.45) is -2.30. The number of nitrogens with two attached hydrogens (primary N) is 1. The standard InChI is InChI=1S/C10H25N3O3/c1-7(14)10(6-12-5-4-11)13(8(2)15)9(3)16/h7-10,12,14-16H,4-6,11H2,1-3H3. The SMILES string of the molecule is CC(O)C(CNCCN)N(C(C)O)C(C)O. The lowest BCUT2D eigenvalue weighted by molar-refractivity contribution is -0.129. The lowest BCUT2D eigenvalue weighted by Gasteiger charge is -2.37. The van der Waals surface area contributed by atoms with Gasteiger partial charge in [0.05, 0.1) is 12.1 Å². The Bertz CT molecular complexity index is 169. The first-order valence-corrected chi connectivity index (χ1v) is 5.64. The third kappa shape index (κ3) is 5.20. The van der Waals surface area contributed by atoms with Gasteiger partial charge in [-0.25, -0.2) is 4.90 Å². The van der Waals surface area contributed by atoms with E-state index in [0.29, 0.717) is 19.6 Å². The lowest BCUT2D eigenvalue weighted by atomic mass is 10.1. The van der Waals surface area contributed by atoms with Gasteiger partial charge in [0, 0.05) is 19.6 Å². The zero-order valence-corrected chi connectivity index (χ0v) is 10.3. The van der Waals surface area contributed by atoms with E-state index in [1.807, 2.05) is 0 Å². The quantitative estimate of drug-likeness (QED) is 0.253. The molecule has 0 aromatic carbocycles. The Morgan fingerprint density at radius 2 is 1.62 bits per heavy atom. The van der Waals surface area contributed by atoms with Gasteiger partial charge in [-0.1, -0.05) is 0 Å².